The summed E-state index contributed by atoms with van der Waals surface area (Å²) >= 11 is 0. The molecule has 1 heterocycles. The molecular formula is C14H17NO. The summed E-state index contributed by atoms with van der Waals surface area (Å²) in [5.41, 5.74) is 1.37. The Bertz CT molecular complexity index is 433. The third-order valence-corrected chi connectivity index (χ3v) is 2.77. The van der Waals surface area contributed by atoms with Crippen LogP contribution in [0.4, 0.5) is 0 Å². The molecule has 0 bridgehead atoms. The topological polar surface area (TPSA) is 26.0 Å². The van der Waals surface area contributed by atoms with Crippen molar-refractivity contribution in [2.24, 2.45) is 0 Å². The van der Waals surface area contributed by atoms with Crippen molar-refractivity contribution in [1.29, 1.82) is 0 Å². The van der Waals surface area contributed by atoms with Crippen molar-refractivity contribution in [2.45, 2.75) is 32.6 Å². The summed E-state index contributed by atoms with van der Waals surface area (Å²) in [5.74, 6) is 2.13. The first-order valence-corrected chi connectivity index (χ1v) is 5.72. The normalized spacial score (nSPS) is 12.6. The summed E-state index contributed by atoms with van der Waals surface area (Å²) < 4.78 is 5.52. The van der Waals surface area contributed by atoms with Crippen LogP contribution in [0.2, 0.25) is 0 Å². The predicted molar refractivity (Wildman–Crippen MR) is 64.4 cm³/mol. The average Bonchev–Trinajstić information content (AvgIpc) is 2.74. The standard InChI is InChI=1S/C14H17NO/c1-11(14-15-10-12(2)16-14)8-9-13-6-4-3-5-7-13/h3-7,10-11H,8-9H2,1-2H3. The van der Waals surface area contributed by atoms with E-state index in [4.69, 9.17) is 4.42 Å². The van der Waals surface area contributed by atoms with Gasteiger partial charge in [0.1, 0.15) is 5.76 Å². The molecule has 0 aliphatic heterocycles. The van der Waals surface area contributed by atoms with Gasteiger partial charge < -0.3 is 4.42 Å². The molecule has 0 radical (unpaired) electrons. The van der Waals surface area contributed by atoms with Gasteiger partial charge in [-0.1, -0.05) is 37.3 Å². The second-order valence-corrected chi connectivity index (χ2v) is 4.23. The number of nitrogens with zero attached hydrogens (tertiary/aromatic N) is 1. The summed E-state index contributed by atoms with van der Waals surface area (Å²) in [7, 11) is 0. The lowest BCUT2D eigenvalue weighted by Gasteiger charge is -2.06. The summed E-state index contributed by atoms with van der Waals surface area (Å²) in [5, 5.41) is 0. The van der Waals surface area contributed by atoms with Crippen LogP contribution in [0.1, 0.15) is 36.5 Å². The Morgan fingerprint density at radius 3 is 2.62 bits per heavy atom. The Labute approximate surface area is 96.3 Å². The van der Waals surface area contributed by atoms with Crippen molar-refractivity contribution >= 4 is 0 Å². The van der Waals surface area contributed by atoms with Gasteiger partial charge in [-0.05, 0) is 25.3 Å². The van der Waals surface area contributed by atoms with Crippen molar-refractivity contribution < 1.29 is 4.42 Å². The molecule has 84 valence electrons. The van der Waals surface area contributed by atoms with Crippen LogP contribution in [-0.2, 0) is 6.42 Å². The van der Waals surface area contributed by atoms with E-state index in [1.807, 2.05) is 13.0 Å². The van der Waals surface area contributed by atoms with E-state index >= 15 is 0 Å². The van der Waals surface area contributed by atoms with E-state index in [9.17, 15) is 0 Å². The van der Waals surface area contributed by atoms with Gasteiger partial charge >= 0.3 is 0 Å². The van der Waals surface area contributed by atoms with Gasteiger partial charge in [0.05, 0.1) is 6.20 Å². The van der Waals surface area contributed by atoms with Crippen LogP contribution in [0, 0.1) is 6.92 Å². The molecule has 0 saturated heterocycles. The van der Waals surface area contributed by atoms with E-state index < -0.39 is 0 Å². The van der Waals surface area contributed by atoms with E-state index in [1.165, 1.54) is 5.56 Å². The number of benzene rings is 1. The Kier molecular flexibility index (Phi) is 3.40. The molecular weight excluding hydrogens is 198 g/mol. The van der Waals surface area contributed by atoms with Gasteiger partial charge in [-0.2, -0.15) is 0 Å². The van der Waals surface area contributed by atoms with E-state index in [0.29, 0.717) is 5.92 Å². The number of rotatable bonds is 4. The van der Waals surface area contributed by atoms with Crippen LogP contribution in [-0.4, -0.2) is 4.98 Å². The third kappa shape index (κ3) is 2.72. The number of oxazole rings is 1. The van der Waals surface area contributed by atoms with Gasteiger partial charge in [0, 0.05) is 5.92 Å². The molecule has 0 saturated carbocycles. The number of aromatic nitrogens is 1. The number of hydrogen-bond donors (Lipinski definition) is 0. The largest absolute Gasteiger partial charge is 0.446 e. The van der Waals surface area contributed by atoms with Crippen LogP contribution < -0.4 is 0 Å². The van der Waals surface area contributed by atoms with Gasteiger partial charge in [0.15, 0.2) is 5.89 Å². The van der Waals surface area contributed by atoms with Crippen molar-refractivity contribution in [3.8, 4) is 0 Å². The van der Waals surface area contributed by atoms with E-state index in [0.717, 1.165) is 24.5 Å². The first kappa shape index (κ1) is 10.9. The Hall–Kier alpha value is -1.57. The quantitative estimate of drug-likeness (QED) is 0.776. The first-order chi connectivity index (χ1) is 7.75. The second kappa shape index (κ2) is 4.97. The lowest BCUT2D eigenvalue weighted by molar-refractivity contribution is 0.429. The summed E-state index contributed by atoms with van der Waals surface area (Å²) in [6.45, 7) is 4.09. The molecule has 2 heteroatoms. The van der Waals surface area contributed by atoms with Gasteiger partial charge in [-0.25, -0.2) is 4.98 Å². The maximum absolute atomic E-state index is 5.52. The molecule has 1 aromatic heterocycles. The van der Waals surface area contributed by atoms with Gasteiger partial charge in [0.25, 0.3) is 0 Å². The smallest absolute Gasteiger partial charge is 0.197 e. The SMILES string of the molecule is Cc1cnc(C(C)CCc2ccccc2)o1. The van der Waals surface area contributed by atoms with Crippen LogP contribution in [0.25, 0.3) is 0 Å². The lowest BCUT2D eigenvalue weighted by atomic mass is 10.0. The molecule has 0 fully saturated rings. The van der Waals surface area contributed by atoms with Crippen molar-refractivity contribution in [3.05, 3.63) is 53.7 Å². The zero-order valence-electron chi connectivity index (χ0n) is 9.81. The molecule has 2 aromatic rings. The molecule has 0 spiro atoms. The molecule has 1 aromatic carbocycles. The maximum Gasteiger partial charge on any atom is 0.197 e. The lowest BCUT2D eigenvalue weighted by Crippen LogP contribution is -1.96. The summed E-state index contributed by atoms with van der Waals surface area (Å²) in [6.07, 6.45) is 3.93. The highest BCUT2D eigenvalue weighted by atomic mass is 16.4. The van der Waals surface area contributed by atoms with E-state index in [2.05, 4.69) is 36.2 Å². The highest BCUT2D eigenvalue weighted by molar-refractivity contribution is 5.15. The minimum atomic E-state index is 0.383. The Morgan fingerprint density at radius 2 is 2.00 bits per heavy atom. The fraction of sp³-hybridized carbons (Fsp3) is 0.357. The predicted octanol–water partition coefficient (Wildman–Crippen LogP) is 3.72. The minimum Gasteiger partial charge on any atom is -0.446 e. The second-order valence-electron chi connectivity index (χ2n) is 4.23. The minimum absolute atomic E-state index is 0.383. The highest BCUT2D eigenvalue weighted by Gasteiger charge is 2.10. The summed E-state index contributed by atoms with van der Waals surface area (Å²) in [6, 6.07) is 10.5. The molecule has 1 atom stereocenters. The third-order valence-electron chi connectivity index (χ3n) is 2.77. The van der Waals surface area contributed by atoms with Crippen LogP contribution >= 0.6 is 0 Å². The van der Waals surface area contributed by atoms with Gasteiger partial charge in [0.2, 0.25) is 0 Å². The zero-order valence-corrected chi connectivity index (χ0v) is 9.81. The fourth-order valence-electron chi connectivity index (χ4n) is 1.75. The molecule has 0 aliphatic rings. The molecule has 0 N–H and O–H groups in total. The fourth-order valence-corrected chi connectivity index (χ4v) is 1.75. The monoisotopic (exact) mass is 215 g/mol. The Balaban J connectivity index is 1.91. The average molecular weight is 215 g/mol. The van der Waals surface area contributed by atoms with Crippen LogP contribution in [0.15, 0.2) is 40.9 Å². The molecule has 1 unspecified atom stereocenters. The molecule has 0 aliphatic carbocycles. The van der Waals surface area contributed by atoms with Crippen molar-refractivity contribution in [2.75, 3.05) is 0 Å². The molecule has 2 rings (SSSR count). The first-order valence-electron chi connectivity index (χ1n) is 5.72. The molecule has 16 heavy (non-hydrogen) atoms. The molecule has 0 amide bonds. The zero-order chi connectivity index (χ0) is 11.4. The number of hydrogen-bond acceptors (Lipinski definition) is 2. The highest BCUT2D eigenvalue weighted by Crippen LogP contribution is 2.20. The summed E-state index contributed by atoms with van der Waals surface area (Å²) in [4.78, 5) is 4.26. The number of aryl methyl sites for hydroxylation is 2. The van der Waals surface area contributed by atoms with Gasteiger partial charge in [-0.3, -0.25) is 0 Å². The van der Waals surface area contributed by atoms with E-state index in [-0.39, 0.29) is 0 Å². The van der Waals surface area contributed by atoms with Crippen molar-refractivity contribution in [3.63, 3.8) is 0 Å². The Morgan fingerprint density at radius 1 is 1.25 bits per heavy atom. The van der Waals surface area contributed by atoms with Crippen LogP contribution in [0.5, 0.6) is 0 Å². The van der Waals surface area contributed by atoms with Crippen LogP contribution in [0.3, 0.4) is 0 Å². The van der Waals surface area contributed by atoms with E-state index in [1.54, 1.807) is 6.20 Å². The molecule has 2 nitrogen and oxygen atoms in total. The maximum atomic E-state index is 5.52. The van der Waals surface area contributed by atoms with Crippen molar-refractivity contribution in [1.82, 2.24) is 4.98 Å². The van der Waals surface area contributed by atoms with Gasteiger partial charge in [-0.15, -0.1) is 0 Å².